The molecule has 11 atom stereocenters. The summed E-state index contributed by atoms with van der Waals surface area (Å²) in [7, 11) is 1.00. The van der Waals surface area contributed by atoms with E-state index in [1.54, 1.807) is 6.92 Å². The monoisotopic (exact) mass is 558 g/mol. The molecule has 0 aromatic heterocycles. The van der Waals surface area contributed by atoms with Crippen molar-refractivity contribution in [3.63, 3.8) is 0 Å². The summed E-state index contributed by atoms with van der Waals surface area (Å²) in [6.45, 7) is 11.7. The topological polar surface area (TPSA) is 66.8 Å². The largest absolute Gasteiger partial charge is 0.400 e. The molecule has 2 N–H and O–H groups in total. The molecule has 1 saturated heterocycles. The van der Waals surface area contributed by atoms with Crippen molar-refractivity contribution < 1.29 is 19.7 Å². The van der Waals surface area contributed by atoms with Gasteiger partial charge in [-0.25, -0.2) is 0 Å². The van der Waals surface area contributed by atoms with Gasteiger partial charge in [0, 0.05) is 13.5 Å². The van der Waals surface area contributed by atoms with Gasteiger partial charge in [0.1, 0.15) is 5.78 Å². The van der Waals surface area contributed by atoms with E-state index >= 15 is 0 Å². The standard InChI is InChI=1S/C29H46O3.2C2H2.CH4O.2CH4/c1-17(30)6-7-19-8-9-21-23(32-19)16-22-20-10-11-24-26(3,4)25(31)12-13-29(24)18(2)28(20,29)15-14-27(21,22)5;3*1-2;;/h18-25,31H,6-16H2,1-5H3;2*1-2H;2H,1H3;2*1H4/t18-,19?,20-,21?,22?,23?,24?,25-,27+,28-,29?;;;;;/m0...../s1. The van der Waals surface area contributed by atoms with Crippen molar-refractivity contribution in [1.82, 2.24) is 0 Å². The van der Waals surface area contributed by atoms with Crippen molar-refractivity contribution in [1.29, 1.82) is 0 Å². The van der Waals surface area contributed by atoms with Crippen molar-refractivity contribution >= 4 is 5.78 Å². The van der Waals surface area contributed by atoms with Gasteiger partial charge in [0.05, 0.1) is 18.3 Å². The molecule has 6 aliphatic rings. The highest BCUT2D eigenvalue weighted by molar-refractivity contribution is 5.75. The number of ether oxygens (including phenoxy) is 1. The average Bonchev–Trinajstić information content (AvgIpc) is 3.31. The Morgan fingerprint density at radius 2 is 1.45 bits per heavy atom. The summed E-state index contributed by atoms with van der Waals surface area (Å²) < 4.78 is 6.74. The molecule has 1 aliphatic heterocycles. The third kappa shape index (κ3) is 4.89. The minimum atomic E-state index is -0.122. The van der Waals surface area contributed by atoms with Crippen LogP contribution < -0.4 is 0 Å². The van der Waals surface area contributed by atoms with Gasteiger partial charge in [-0.05, 0) is 122 Å². The SMILES string of the molecule is C.C.C#C.C#C.CC(=O)CCC1CCC2C(CC3[C@@H]4CCC5C(C)(C)[C@@H](O)CCC56[C@@H](C)[C@@]46CC[C@]23C)O1.CO. The van der Waals surface area contributed by atoms with E-state index in [1.165, 1.54) is 44.9 Å². The summed E-state index contributed by atoms with van der Waals surface area (Å²) in [5, 5.41) is 17.9. The van der Waals surface area contributed by atoms with E-state index in [1.807, 2.05) is 0 Å². The van der Waals surface area contributed by atoms with Crippen LogP contribution in [0.3, 0.4) is 0 Å². The molecule has 5 aliphatic carbocycles. The fourth-order valence-electron chi connectivity index (χ4n) is 11.6. The Morgan fingerprint density at radius 3 is 2.05 bits per heavy atom. The first-order valence-electron chi connectivity index (χ1n) is 15.0. The number of aliphatic hydroxyl groups excluding tert-OH is 2. The van der Waals surface area contributed by atoms with Crippen molar-refractivity contribution in [3.8, 4) is 25.7 Å². The zero-order valence-electron chi connectivity index (χ0n) is 24.9. The number of terminal acetylenes is 2. The highest BCUT2D eigenvalue weighted by atomic mass is 16.5. The number of ketones is 1. The number of rotatable bonds is 3. The van der Waals surface area contributed by atoms with Crippen LogP contribution in [-0.4, -0.2) is 41.4 Å². The van der Waals surface area contributed by atoms with Gasteiger partial charge in [-0.3, -0.25) is 0 Å². The van der Waals surface area contributed by atoms with Crippen LogP contribution in [0.2, 0.25) is 0 Å². The first kappa shape index (κ1) is 36.7. The second-order valence-electron chi connectivity index (χ2n) is 14.0. The van der Waals surface area contributed by atoms with Crippen LogP contribution >= 0.6 is 0 Å². The number of hydrogen-bond acceptors (Lipinski definition) is 4. The van der Waals surface area contributed by atoms with E-state index in [2.05, 4.69) is 53.4 Å². The zero-order valence-corrected chi connectivity index (χ0v) is 24.9. The molecule has 0 aromatic carbocycles. The molecule has 6 unspecified atom stereocenters. The third-order valence-corrected chi connectivity index (χ3v) is 13.1. The maximum absolute atomic E-state index is 11.5. The molecule has 5 saturated carbocycles. The van der Waals surface area contributed by atoms with Crippen molar-refractivity contribution in [2.45, 2.75) is 138 Å². The molecule has 230 valence electrons. The predicted octanol–water partition coefficient (Wildman–Crippen LogP) is 7.55. The molecule has 40 heavy (non-hydrogen) atoms. The van der Waals surface area contributed by atoms with E-state index in [-0.39, 0.29) is 26.4 Å². The van der Waals surface area contributed by atoms with Crippen LogP contribution in [0.4, 0.5) is 0 Å². The Labute approximate surface area is 247 Å². The van der Waals surface area contributed by atoms with E-state index < -0.39 is 0 Å². The lowest BCUT2D eigenvalue weighted by Gasteiger charge is -2.59. The molecule has 4 nitrogen and oxygen atoms in total. The minimum Gasteiger partial charge on any atom is -0.400 e. The van der Waals surface area contributed by atoms with Crippen LogP contribution in [0.15, 0.2) is 0 Å². The molecule has 0 amide bonds. The first-order valence-corrected chi connectivity index (χ1v) is 15.0. The lowest BCUT2D eigenvalue weighted by molar-refractivity contribution is -0.135. The summed E-state index contributed by atoms with van der Waals surface area (Å²) in [6.07, 6.45) is 29.7. The Bertz CT molecular complexity index is 884. The zero-order chi connectivity index (χ0) is 28.7. The fourth-order valence-corrected chi connectivity index (χ4v) is 11.6. The Balaban J connectivity index is 0.000000941. The number of aliphatic hydroxyl groups is 2. The number of fused-ring (bicyclic) bond motifs is 4. The summed E-state index contributed by atoms with van der Waals surface area (Å²) in [4.78, 5) is 11.5. The molecule has 0 aromatic rings. The number of carbonyl (C=O) groups excluding carboxylic acids is 1. The molecular weight excluding hydrogens is 496 g/mol. The summed E-state index contributed by atoms with van der Waals surface area (Å²) in [5.74, 6) is 4.24. The normalized spacial score (nSPS) is 46.2. The van der Waals surface area contributed by atoms with Crippen LogP contribution in [0.1, 0.15) is 120 Å². The predicted molar refractivity (Wildman–Crippen MR) is 167 cm³/mol. The second kappa shape index (κ2) is 13.3. The molecule has 2 spiro atoms. The molecule has 0 bridgehead atoms. The Hall–Kier alpha value is -1.33. The van der Waals surface area contributed by atoms with E-state index in [0.29, 0.717) is 46.6 Å². The van der Waals surface area contributed by atoms with Crippen LogP contribution in [-0.2, 0) is 9.53 Å². The van der Waals surface area contributed by atoms with E-state index in [4.69, 9.17) is 9.84 Å². The highest BCUT2D eigenvalue weighted by Gasteiger charge is 2.84. The van der Waals surface area contributed by atoms with Crippen LogP contribution in [0.25, 0.3) is 0 Å². The van der Waals surface area contributed by atoms with Crippen molar-refractivity contribution in [3.05, 3.63) is 0 Å². The molecule has 6 fully saturated rings. The lowest BCUT2D eigenvalue weighted by atomic mass is 9.46. The number of carbonyl (C=O) groups is 1. The summed E-state index contributed by atoms with van der Waals surface area (Å²) in [5.41, 5.74) is 1.56. The maximum atomic E-state index is 11.5. The van der Waals surface area contributed by atoms with Gasteiger partial charge in [-0.15, -0.1) is 25.7 Å². The Kier molecular flexibility index (Phi) is 12.2. The molecule has 6 rings (SSSR count). The van der Waals surface area contributed by atoms with E-state index in [0.717, 1.165) is 50.0 Å². The van der Waals surface area contributed by atoms with Crippen LogP contribution in [0.5, 0.6) is 0 Å². The van der Waals surface area contributed by atoms with Gasteiger partial charge in [0.15, 0.2) is 0 Å². The van der Waals surface area contributed by atoms with Gasteiger partial charge in [-0.2, -0.15) is 0 Å². The van der Waals surface area contributed by atoms with Gasteiger partial charge in [-0.1, -0.05) is 42.5 Å². The number of hydrogen-bond donors (Lipinski definition) is 2. The average molecular weight is 559 g/mol. The molecule has 0 radical (unpaired) electrons. The Morgan fingerprint density at radius 1 is 0.850 bits per heavy atom. The third-order valence-electron chi connectivity index (χ3n) is 13.1. The number of Topliss-reactive ketones (excluding diaryl/α,β-unsaturated/α-hetero) is 1. The highest BCUT2D eigenvalue weighted by Crippen LogP contribution is 2.89. The van der Waals surface area contributed by atoms with Gasteiger partial charge in [0.25, 0.3) is 0 Å². The maximum Gasteiger partial charge on any atom is 0.129 e. The van der Waals surface area contributed by atoms with Crippen molar-refractivity contribution in [2.75, 3.05) is 7.11 Å². The molecule has 1 heterocycles. The van der Waals surface area contributed by atoms with Gasteiger partial charge < -0.3 is 19.7 Å². The quantitative estimate of drug-likeness (QED) is 0.351. The first-order chi connectivity index (χ1) is 18.1. The second-order valence-corrected chi connectivity index (χ2v) is 14.0. The fraction of sp³-hybridized carbons (Fsp3) is 0.861. The summed E-state index contributed by atoms with van der Waals surface area (Å²) in [6, 6.07) is 0. The smallest absolute Gasteiger partial charge is 0.129 e. The van der Waals surface area contributed by atoms with Gasteiger partial charge in [0.2, 0.25) is 0 Å². The van der Waals surface area contributed by atoms with Crippen molar-refractivity contribution in [2.24, 2.45) is 51.2 Å². The molecular formula is C36H62O4. The van der Waals surface area contributed by atoms with E-state index in [9.17, 15) is 9.90 Å². The lowest BCUT2D eigenvalue weighted by Crippen LogP contribution is -2.54. The summed E-state index contributed by atoms with van der Waals surface area (Å²) >= 11 is 0. The van der Waals surface area contributed by atoms with Gasteiger partial charge >= 0.3 is 0 Å². The minimum absolute atomic E-state index is 0. The molecule has 4 heteroatoms. The van der Waals surface area contributed by atoms with Crippen LogP contribution in [0, 0.1) is 76.9 Å².